The summed E-state index contributed by atoms with van der Waals surface area (Å²) in [7, 11) is 0. The Morgan fingerprint density at radius 3 is 2.71 bits per heavy atom. The van der Waals surface area contributed by atoms with Crippen LogP contribution in [0, 0.1) is 11.2 Å². The summed E-state index contributed by atoms with van der Waals surface area (Å²) in [6.45, 7) is 6.04. The van der Waals surface area contributed by atoms with Crippen molar-refractivity contribution in [3.05, 3.63) is 35.8 Å². The highest BCUT2D eigenvalue weighted by molar-refractivity contribution is 5.98. The lowest BCUT2D eigenvalue weighted by molar-refractivity contribution is 0.0881. The molecule has 1 aromatic heterocycles. The van der Waals surface area contributed by atoms with Crippen molar-refractivity contribution in [2.45, 2.75) is 33.2 Å². The van der Waals surface area contributed by atoms with Crippen LogP contribution in [-0.4, -0.2) is 28.6 Å². The Labute approximate surface area is 123 Å². The molecule has 0 saturated carbocycles. The van der Waals surface area contributed by atoms with Crippen LogP contribution in [0.2, 0.25) is 0 Å². The molecule has 0 saturated heterocycles. The van der Waals surface area contributed by atoms with E-state index in [1.165, 1.54) is 12.1 Å². The number of carbonyl (C=O) groups excluding carboxylic acids is 1. The van der Waals surface area contributed by atoms with Crippen LogP contribution in [0.25, 0.3) is 10.9 Å². The van der Waals surface area contributed by atoms with E-state index in [1.54, 1.807) is 12.1 Å². The maximum Gasteiger partial charge on any atom is 0.267 e. The zero-order valence-corrected chi connectivity index (χ0v) is 12.5. The van der Waals surface area contributed by atoms with Gasteiger partial charge in [0.15, 0.2) is 0 Å². The zero-order chi connectivity index (χ0) is 15.6. The molecule has 2 aromatic rings. The van der Waals surface area contributed by atoms with Crippen molar-refractivity contribution in [3.8, 4) is 0 Å². The number of benzene rings is 1. The number of rotatable bonds is 4. The summed E-state index contributed by atoms with van der Waals surface area (Å²) >= 11 is 0. The molecule has 2 rings (SSSR count). The molecule has 0 bridgehead atoms. The van der Waals surface area contributed by atoms with Crippen molar-refractivity contribution in [2.75, 3.05) is 6.61 Å². The number of aliphatic hydroxyl groups is 1. The highest BCUT2D eigenvalue weighted by atomic mass is 19.1. The number of amides is 1. The van der Waals surface area contributed by atoms with E-state index in [0.29, 0.717) is 17.5 Å². The van der Waals surface area contributed by atoms with E-state index in [-0.39, 0.29) is 29.8 Å². The van der Waals surface area contributed by atoms with Crippen molar-refractivity contribution in [3.63, 3.8) is 0 Å². The lowest BCUT2D eigenvalue weighted by Gasteiger charge is -2.30. The summed E-state index contributed by atoms with van der Waals surface area (Å²) in [5, 5.41) is 12.7. The normalized spacial score (nSPS) is 13.4. The van der Waals surface area contributed by atoms with Crippen LogP contribution >= 0.6 is 0 Å². The number of H-pyrrole nitrogens is 1. The molecular formula is C16H21FN2O2. The van der Waals surface area contributed by atoms with E-state index in [4.69, 9.17) is 5.11 Å². The van der Waals surface area contributed by atoms with Gasteiger partial charge in [0.25, 0.3) is 5.91 Å². The predicted molar refractivity (Wildman–Crippen MR) is 80.7 cm³/mol. The first kappa shape index (κ1) is 15.5. The molecule has 4 nitrogen and oxygen atoms in total. The minimum Gasteiger partial charge on any atom is -0.396 e. The molecule has 0 fully saturated rings. The Kier molecular flexibility index (Phi) is 4.32. The molecule has 21 heavy (non-hydrogen) atoms. The van der Waals surface area contributed by atoms with Gasteiger partial charge in [0.05, 0.1) is 0 Å². The Morgan fingerprint density at radius 1 is 1.38 bits per heavy atom. The Morgan fingerprint density at radius 2 is 2.10 bits per heavy atom. The van der Waals surface area contributed by atoms with E-state index >= 15 is 0 Å². The SMILES string of the molecule is CC(C)(C)C(CCO)NC(=O)c1cc2cc(F)ccc2[nH]1. The van der Waals surface area contributed by atoms with E-state index in [9.17, 15) is 9.18 Å². The number of nitrogens with one attached hydrogen (secondary N) is 2. The summed E-state index contributed by atoms with van der Waals surface area (Å²) in [5.41, 5.74) is 0.954. The van der Waals surface area contributed by atoms with Gasteiger partial charge in [-0.1, -0.05) is 20.8 Å². The van der Waals surface area contributed by atoms with Gasteiger partial charge in [0.1, 0.15) is 11.5 Å². The maximum atomic E-state index is 13.2. The number of hydrogen-bond acceptors (Lipinski definition) is 2. The van der Waals surface area contributed by atoms with Crippen LogP contribution < -0.4 is 5.32 Å². The molecule has 1 amide bonds. The molecule has 0 aliphatic heterocycles. The molecule has 1 unspecified atom stereocenters. The second-order valence-electron chi connectivity index (χ2n) is 6.32. The second-order valence-corrected chi connectivity index (χ2v) is 6.32. The van der Waals surface area contributed by atoms with Crippen molar-refractivity contribution >= 4 is 16.8 Å². The number of fused-ring (bicyclic) bond motifs is 1. The van der Waals surface area contributed by atoms with Crippen molar-refractivity contribution < 1.29 is 14.3 Å². The number of aromatic nitrogens is 1. The smallest absolute Gasteiger partial charge is 0.267 e. The third-order valence-corrected chi connectivity index (χ3v) is 3.60. The lowest BCUT2D eigenvalue weighted by Crippen LogP contribution is -2.44. The summed E-state index contributed by atoms with van der Waals surface area (Å²) in [5.74, 6) is -0.582. The Bertz CT molecular complexity index is 643. The monoisotopic (exact) mass is 292 g/mol. The molecule has 1 aromatic carbocycles. The summed E-state index contributed by atoms with van der Waals surface area (Å²) in [6.07, 6.45) is 0.490. The highest BCUT2D eigenvalue weighted by Gasteiger charge is 2.26. The van der Waals surface area contributed by atoms with Gasteiger partial charge in [0.2, 0.25) is 0 Å². The fourth-order valence-electron chi connectivity index (χ4n) is 2.31. The molecule has 0 radical (unpaired) electrons. The molecule has 114 valence electrons. The number of carbonyl (C=O) groups is 1. The molecule has 3 N–H and O–H groups in total. The van der Waals surface area contributed by atoms with E-state index in [2.05, 4.69) is 10.3 Å². The van der Waals surface area contributed by atoms with E-state index in [1.807, 2.05) is 20.8 Å². The van der Waals surface area contributed by atoms with Crippen LogP contribution in [-0.2, 0) is 0 Å². The molecule has 5 heteroatoms. The third kappa shape index (κ3) is 3.61. The van der Waals surface area contributed by atoms with Gasteiger partial charge in [0, 0.05) is 23.6 Å². The highest BCUT2D eigenvalue weighted by Crippen LogP contribution is 2.23. The fourth-order valence-corrected chi connectivity index (χ4v) is 2.31. The number of halogens is 1. The first-order valence-corrected chi connectivity index (χ1v) is 7.01. The van der Waals surface area contributed by atoms with Crippen LogP contribution in [0.5, 0.6) is 0 Å². The maximum absolute atomic E-state index is 13.2. The Balaban J connectivity index is 2.21. The average Bonchev–Trinajstić information content (AvgIpc) is 2.80. The van der Waals surface area contributed by atoms with Crippen LogP contribution in [0.15, 0.2) is 24.3 Å². The summed E-state index contributed by atoms with van der Waals surface area (Å²) in [6, 6.07) is 5.84. The molecule has 1 atom stereocenters. The van der Waals surface area contributed by atoms with Crippen LogP contribution in [0.4, 0.5) is 4.39 Å². The minimum atomic E-state index is -0.332. The molecule has 1 heterocycles. The van der Waals surface area contributed by atoms with E-state index < -0.39 is 0 Å². The molecule has 0 aliphatic carbocycles. The van der Waals surface area contributed by atoms with Gasteiger partial charge in [-0.25, -0.2) is 4.39 Å². The first-order valence-electron chi connectivity index (χ1n) is 7.01. The molecule has 0 aliphatic rings. The topological polar surface area (TPSA) is 65.1 Å². The lowest BCUT2D eigenvalue weighted by atomic mass is 9.85. The quantitative estimate of drug-likeness (QED) is 0.811. The van der Waals surface area contributed by atoms with Crippen LogP contribution in [0.1, 0.15) is 37.7 Å². The fraction of sp³-hybridized carbons (Fsp3) is 0.438. The largest absolute Gasteiger partial charge is 0.396 e. The number of aromatic amines is 1. The summed E-state index contributed by atoms with van der Waals surface area (Å²) < 4.78 is 13.2. The van der Waals surface area contributed by atoms with Crippen molar-refractivity contribution in [1.82, 2.24) is 10.3 Å². The van der Waals surface area contributed by atoms with Gasteiger partial charge in [-0.2, -0.15) is 0 Å². The van der Waals surface area contributed by atoms with Crippen molar-refractivity contribution in [2.24, 2.45) is 5.41 Å². The van der Waals surface area contributed by atoms with Gasteiger partial charge < -0.3 is 15.4 Å². The van der Waals surface area contributed by atoms with Gasteiger partial charge in [-0.3, -0.25) is 4.79 Å². The molecule has 0 spiro atoms. The Hall–Kier alpha value is -1.88. The zero-order valence-electron chi connectivity index (χ0n) is 12.5. The van der Waals surface area contributed by atoms with Gasteiger partial charge in [-0.05, 0) is 36.1 Å². The van der Waals surface area contributed by atoms with Crippen LogP contribution in [0.3, 0.4) is 0 Å². The standard InChI is InChI=1S/C16H21FN2O2/c1-16(2,3)14(6-7-20)19-15(21)13-9-10-8-11(17)4-5-12(10)18-13/h4-5,8-9,14,18,20H,6-7H2,1-3H3,(H,19,21). The third-order valence-electron chi connectivity index (χ3n) is 3.60. The number of hydrogen-bond donors (Lipinski definition) is 3. The van der Waals surface area contributed by atoms with Gasteiger partial charge >= 0.3 is 0 Å². The van der Waals surface area contributed by atoms with E-state index in [0.717, 1.165) is 5.52 Å². The average molecular weight is 292 g/mol. The predicted octanol–water partition coefficient (Wildman–Crippen LogP) is 2.83. The van der Waals surface area contributed by atoms with Gasteiger partial charge in [-0.15, -0.1) is 0 Å². The molecular weight excluding hydrogens is 271 g/mol. The van der Waals surface area contributed by atoms with Crippen molar-refractivity contribution in [1.29, 1.82) is 0 Å². The first-order chi connectivity index (χ1) is 9.81. The summed E-state index contributed by atoms with van der Waals surface area (Å²) in [4.78, 5) is 15.3. The second kappa shape index (κ2) is 5.85. The number of aliphatic hydroxyl groups excluding tert-OH is 1. The minimum absolute atomic E-state index is 0.0140.